The number of aromatic carboxylic acids is 1. The minimum atomic E-state index is -1.17. The Labute approximate surface area is 206 Å². The molecule has 0 heterocycles. The monoisotopic (exact) mass is 498 g/mol. The summed E-state index contributed by atoms with van der Waals surface area (Å²) in [5.74, 6) is -1.38. The fraction of sp³-hybridized carbons (Fsp3) is 0.160. The van der Waals surface area contributed by atoms with Crippen LogP contribution < -0.4 is 15.4 Å². The number of hydrogen-bond donors (Lipinski definition) is 3. The van der Waals surface area contributed by atoms with Crippen molar-refractivity contribution in [2.24, 2.45) is 0 Å². The zero-order valence-corrected chi connectivity index (χ0v) is 20.3. The van der Waals surface area contributed by atoms with E-state index in [1.54, 1.807) is 68.4 Å². The first kappa shape index (κ1) is 25.1. The van der Waals surface area contributed by atoms with E-state index < -0.39 is 16.6 Å². The number of nitrogens with one attached hydrogen (secondary N) is 2. The van der Waals surface area contributed by atoms with E-state index in [-0.39, 0.29) is 17.0 Å². The molecule has 7 nitrogen and oxygen atoms in total. The lowest BCUT2D eigenvalue weighted by atomic mass is 10.1. The van der Waals surface area contributed by atoms with E-state index in [2.05, 4.69) is 10.6 Å². The Morgan fingerprint density at radius 1 is 0.912 bits per heavy atom. The molecule has 9 heteroatoms. The van der Waals surface area contributed by atoms with Gasteiger partial charge in [-0.3, -0.25) is 9.59 Å². The number of carbonyl (C=O) groups excluding carboxylic acids is 2. The van der Waals surface area contributed by atoms with Gasteiger partial charge in [-0.25, -0.2) is 4.79 Å². The van der Waals surface area contributed by atoms with Gasteiger partial charge in [0.15, 0.2) is 0 Å². The number of anilines is 2. The lowest BCUT2D eigenvalue weighted by molar-refractivity contribution is -0.117. The molecular formula is C25H23ClN2O5S. The smallest absolute Gasteiger partial charge is 0.336 e. The average molecular weight is 499 g/mol. The largest absolute Gasteiger partial charge is 0.495 e. The Morgan fingerprint density at radius 3 is 2.12 bits per heavy atom. The van der Waals surface area contributed by atoms with Crippen molar-refractivity contribution < 1.29 is 24.2 Å². The minimum Gasteiger partial charge on any atom is -0.495 e. The maximum absolute atomic E-state index is 12.8. The van der Waals surface area contributed by atoms with Gasteiger partial charge in [-0.05, 0) is 68.4 Å². The summed E-state index contributed by atoms with van der Waals surface area (Å²) in [6, 6.07) is 18.0. The number of ether oxygens (including phenoxy) is 1. The summed E-state index contributed by atoms with van der Waals surface area (Å²) >= 11 is 7.49. The number of carbonyl (C=O) groups is 3. The van der Waals surface area contributed by atoms with E-state index in [1.807, 2.05) is 0 Å². The van der Waals surface area contributed by atoms with Crippen molar-refractivity contribution in [2.75, 3.05) is 17.7 Å². The summed E-state index contributed by atoms with van der Waals surface area (Å²) in [5, 5.41) is 15.2. The molecule has 0 saturated carbocycles. The second-order valence-electron chi connectivity index (χ2n) is 7.75. The first-order valence-corrected chi connectivity index (χ1v) is 11.4. The zero-order valence-electron chi connectivity index (χ0n) is 18.7. The summed E-state index contributed by atoms with van der Waals surface area (Å²) in [6.45, 7) is 3.60. The van der Waals surface area contributed by atoms with Crippen molar-refractivity contribution in [1.29, 1.82) is 0 Å². The molecule has 0 aromatic heterocycles. The molecule has 0 saturated heterocycles. The van der Waals surface area contributed by atoms with E-state index in [0.717, 1.165) is 4.90 Å². The highest BCUT2D eigenvalue weighted by Gasteiger charge is 2.29. The van der Waals surface area contributed by atoms with Crippen LogP contribution in [-0.4, -0.2) is 34.7 Å². The van der Waals surface area contributed by atoms with Crippen LogP contribution in [0, 0.1) is 0 Å². The predicted octanol–water partition coefficient (Wildman–Crippen LogP) is 5.81. The van der Waals surface area contributed by atoms with Gasteiger partial charge in [0.2, 0.25) is 5.91 Å². The molecule has 0 spiro atoms. The summed E-state index contributed by atoms with van der Waals surface area (Å²) in [7, 11) is 1.52. The molecule has 0 atom stereocenters. The molecule has 0 fully saturated rings. The maximum Gasteiger partial charge on any atom is 0.336 e. The van der Waals surface area contributed by atoms with Crippen LogP contribution in [0.15, 0.2) is 71.6 Å². The van der Waals surface area contributed by atoms with Crippen LogP contribution in [0.5, 0.6) is 5.75 Å². The van der Waals surface area contributed by atoms with Crippen LogP contribution in [-0.2, 0) is 4.79 Å². The molecule has 3 aromatic rings. The molecule has 0 bridgehead atoms. The van der Waals surface area contributed by atoms with Gasteiger partial charge in [-0.15, -0.1) is 11.8 Å². The highest BCUT2D eigenvalue weighted by Crippen LogP contribution is 2.35. The van der Waals surface area contributed by atoms with Gasteiger partial charge in [0, 0.05) is 16.3 Å². The summed E-state index contributed by atoms with van der Waals surface area (Å²) in [4.78, 5) is 37.5. The van der Waals surface area contributed by atoms with Crippen molar-refractivity contribution in [2.45, 2.75) is 23.5 Å². The summed E-state index contributed by atoms with van der Waals surface area (Å²) in [5.41, 5.74) is 1.07. The average Bonchev–Trinajstić information content (AvgIpc) is 2.80. The van der Waals surface area contributed by atoms with Gasteiger partial charge in [0.25, 0.3) is 5.91 Å². The number of rotatable bonds is 8. The van der Waals surface area contributed by atoms with Gasteiger partial charge in [0.1, 0.15) is 5.75 Å². The number of amides is 2. The van der Waals surface area contributed by atoms with Crippen LogP contribution >= 0.6 is 23.4 Å². The Hall–Kier alpha value is -3.49. The lowest BCUT2D eigenvalue weighted by Crippen LogP contribution is -2.33. The van der Waals surface area contributed by atoms with Crippen LogP contribution in [0.1, 0.15) is 34.6 Å². The third kappa shape index (κ3) is 6.09. The van der Waals surface area contributed by atoms with Crippen molar-refractivity contribution in [3.63, 3.8) is 0 Å². The maximum atomic E-state index is 12.8. The SMILES string of the molecule is COc1ccc(NC(=O)C(C)(C)Sc2ccc(NC(=O)c3ccccc3C(=O)O)cc2)cc1Cl. The second-order valence-corrected chi connectivity index (χ2v) is 9.85. The molecule has 3 N–H and O–H groups in total. The quantitative estimate of drug-likeness (QED) is 0.338. The Kier molecular flexibility index (Phi) is 7.86. The van der Waals surface area contributed by atoms with Gasteiger partial charge >= 0.3 is 5.97 Å². The first-order valence-electron chi connectivity index (χ1n) is 10.2. The van der Waals surface area contributed by atoms with Crippen LogP contribution in [0.25, 0.3) is 0 Å². The predicted molar refractivity (Wildman–Crippen MR) is 134 cm³/mol. The number of carboxylic acid groups (broad SMARTS) is 1. The molecule has 176 valence electrons. The van der Waals surface area contributed by atoms with Crippen LogP contribution in [0.2, 0.25) is 5.02 Å². The number of thioether (sulfide) groups is 1. The molecule has 34 heavy (non-hydrogen) atoms. The molecular weight excluding hydrogens is 476 g/mol. The van der Waals surface area contributed by atoms with Crippen molar-refractivity contribution in [1.82, 2.24) is 0 Å². The number of benzene rings is 3. The molecule has 3 aromatic carbocycles. The second kappa shape index (κ2) is 10.6. The molecule has 0 aliphatic rings. The molecule has 2 amide bonds. The van der Waals surface area contributed by atoms with E-state index in [9.17, 15) is 19.5 Å². The molecule has 0 unspecified atom stereocenters. The highest BCUT2D eigenvalue weighted by atomic mass is 35.5. The standard InChI is InChI=1S/C25H23ClN2O5S/c1-25(2,24(32)28-16-10-13-21(33-3)20(26)14-16)34-17-11-8-15(9-12-17)27-22(29)18-6-4-5-7-19(18)23(30)31/h4-14H,1-3H3,(H,27,29)(H,28,32)(H,30,31). The Balaban J connectivity index is 1.65. The normalized spacial score (nSPS) is 10.9. The number of carboxylic acids is 1. The third-order valence-corrected chi connectivity index (χ3v) is 6.34. The summed E-state index contributed by atoms with van der Waals surface area (Å²) in [6.07, 6.45) is 0. The fourth-order valence-corrected chi connectivity index (χ4v) is 4.30. The third-order valence-electron chi connectivity index (χ3n) is 4.84. The number of methoxy groups -OCH3 is 1. The van der Waals surface area contributed by atoms with Gasteiger partial charge in [-0.1, -0.05) is 23.7 Å². The fourth-order valence-electron chi connectivity index (χ4n) is 3.04. The van der Waals surface area contributed by atoms with Gasteiger partial charge in [0.05, 0.1) is 28.0 Å². The topological polar surface area (TPSA) is 105 Å². The molecule has 3 rings (SSSR count). The highest BCUT2D eigenvalue weighted by molar-refractivity contribution is 8.01. The van der Waals surface area contributed by atoms with E-state index in [1.165, 1.54) is 31.0 Å². The molecule has 0 aliphatic carbocycles. The van der Waals surface area contributed by atoms with Gasteiger partial charge < -0.3 is 20.5 Å². The van der Waals surface area contributed by atoms with E-state index in [4.69, 9.17) is 16.3 Å². The number of hydrogen-bond acceptors (Lipinski definition) is 5. The van der Waals surface area contributed by atoms with Crippen molar-refractivity contribution >= 4 is 52.5 Å². The molecule has 0 radical (unpaired) electrons. The first-order chi connectivity index (χ1) is 16.1. The Bertz CT molecular complexity index is 1230. The zero-order chi connectivity index (χ0) is 24.9. The number of halogens is 1. The summed E-state index contributed by atoms with van der Waals surface area (Å²) < 4.78 is 4.32. The van der Waals surface area contributed by atoms with Gasteiger partial charge in [-0.2, -0.15) is 0 Å². The lowest BCUT2D eigenvalue weighted by Gasteiger charge is -2.23. The molecule has 0 aliphatic heterocycles. The van der Waals surface area contributed by atoms with Crippen LogP contribution in [0.3, 0.4) is 0 Å². The van der Waals surface area contributed by atoms with Crippen molar-refractivity contribution in [3.8, 4) is 5.75 Å². The van der Waals surface area contributed by atoms with E-state index >= 15 is 0 Å². The van der Waals surface area contributed by atoms with Crippen LogP contribution in [0.4, 0.5) is 11.4 Å². The van der Waals surface area contributed by atoms with E-state index in [0.29, 0.717) is 22.1 Å². The van der Waals surface area contributed by atoms with Crippen molar-refractivity contribution in [3.05, 3.63) is 82.9 Å². The Morgan fingerprint density at radius 2 is 1.53 bits per heavy atom. The minimum absolute atomic E-state index is 0.0712.